The van der Waals surface area contributed by atoms with E-state index in [-0.39, 0.29) is 0 Å². The Hall–Kier alpha value is -0.870. The Kier molecular flexibility index (Phi) is 2.84. The van der Waals surface area contributed by atoms with Gasteiger partial charge in [-0.25, -0.2) is 4.98 Å². The van der Waals surface area contributed by atoms with Gasteiger partial charge in [-0.2, -0.15) is 0 Å². The summed E-state index contributed by atoms with van der Waals surface area (Å²) in [6.45, 7) is 3.26. The van der Waals surface area contributed by atoms with Crippen LogP contribution in [0.15, 0.2) is 12.5 Å². The quantitative estimate of drug-likeness (QED) is 0.747. The molecule has 1 N–H and O–H groups in total. The van der Waals surface area contributed by atoms with Gasteiger partial charge in [-0.05, 0) is 20.0 Å². The van der Waals surface area contributed by atoms with Gasteiger partial charge in [-0.1, -0.05) is 0 Å². The van der Waals surface area contributed by atoms with Crippen LogP contribution in [0.3, 0.4) is 0 Å². The van der Waals surface area contributed by atoms with E-state index < -0.39 is 0 Å². The van der Waals surface area contributed by atoms with Gasteiger partial charge in [0.15, 0.2) is 0 Å². The van der Waals surface area contributed by atoms with Crippen molar-refractivity contribution in [3.05, 3.63) is 18.2 Å². The first-order valence-corrected chi connectivity index (χ1v) is 5.13. The first kappa shape index (κ1) is 9.68. The molecule has 0 aromatic carbocycles. The molecule has 4 heteroatoms. The van der Waals surface area contributed by atoms with E-state index in [9.17, 15) is 0 Å². The Bertz CT molecular complexity index is 288. The van der Waals surface area contributed by atoms with E-state index in [1.165, 1.54) is 12.1 Å². The van der Waals surface area contributed by atoms with E-state index in [0.29, 0.717) is 6.04 Å². The number of hydrogen-bond acceptors (Lipinski definition) is 3. The highest BCUT2D eigenvalue weighted by atomic mass is 15.2. The normalized spacial score (nSPS) is 22.1. The number of nitrogens with zero attached hydrogens (tertiary/aromatic N) is 3. The van der Waals surface area contributed by atoms with Gasteiger partial charge >= 0.3 is 0 Å². The number of likely N-dealkylation sites (N-methyl/N-ethyl adjacent to an activating group) is 1. The van der Waals surface area contributed by atoms with Gasteiger partial charge in [-0.15, -0.1) is 0 Å². The van der Waals surface area contributed by atoms with Crippen LogP contribution >= 0.6 is 0 Å². The molecule has 2 rings (SSSR count). The Morgan fingerprint density at radius 2 is 2.57 bits per heavy atom. The van der Waals surface area contributed by atoms with Crippen molar-refractivity contribution in [1.82, 2.24) is 19.8 Å². The smallest absolute Gasteiger partial charge is 0.0945 e. The van der Waals surface area contributed by atoms with Crippen LogP contribution in [0.25, 0.3) is 0 Å². The van der Waals surface area contributed by atoms with Crippen LogP contribution in [-0.2, 0) is 13.6 Å². The molecule has 1 saturated heterocycles. The van der Waals surface area contributed by atoms with Crippen molar-refractivity contribution < 1.29 is 0 Å². The molecule has 2 heterocycles. The summed E-state index contributed by atoms with van der Waals surface area (Å²) in [6, 6.07) is 0.685. The van der Waals surface area contributed by atoms with Crippen molar-refractivity contribution in [3.63, 3.8) is 0 Å². The summed E-state index contributed by atoms with van der Waals surface area (Å²) in [4.78, 5) is 6.52. The zero-order valence-electron chi connectivity index (χ0n) is 8.90. The second-order valence-electron chi connectivity index (χ2n) is 4.06. The summed E-state index contributed by atoms with van der Waals surface area (Å²) in [6.07, 6.45) is 5.06. The summed E-state index contributed by atoms with van der Waals surface area (Å²) < 4.78 is 2.08. The maximum Gasteiger partial charge on any atom is 0.0945 e. The molecule has 0 amide bonds. The summed E-state index contributed by atoms with van der Waals surface area (Å²) in [5.74, 6) is 0. The zero-order chi connectivity index (χ0) is 9.97. The van der Waals surface area contributed by atoms with Gasteiger partial charge in [0.25, 0.3) is 0 Å². The number of hydrogen-bond donors (Lipinski definition) is 1. The fourth-order valence-electron chi connectivity index (χ4n) is 1.94. The standard InChI is InChI=1S/C10H18N4/c1-13(9-3-4-11-5-9)7-10-6-12-8-14(10)2/h6,8-9,11H,3-5,7H2,1-2H3. The third-order valence-corrected chi connectivity index (χ3v) is 2.99. The Labute approximate surface area is 84.9 Å². The van der Waals surface area contributed by atoms with Gasteiger partial charge < -0.3 is 9.88 Å². The van der Waals surface area contributed by atoms with Crippen molar-refractivity contribution in [3.8, 4) is 0 Å². The molecule has 1 aromatic rings. The van der Waals surface area contributed by atoms with Crippen LogP contribution in [0.2, 0.25) is 0 Å². The van der Waals surface area contributed by atoms with E-state index in [4.69, 9.17) is 0 Å². The monoisotopic (exact) mass is 194 g/mol. The second-order valence-corrected chi connectivity index (χ2v) is 4.06. The molecule has 14 heavy (non-hydrogen) atoms. The third-order valence-electron chi connectivity index (χ3n) is 2.99. The molecule has 0 radical (unpaired) electrons. The SMILES string of the molecule is CN(Cc1cncn1C)C1CCNC1. The second kappa shape index (κ2) is 4.11. The molecule has 0 aliphatic carbocycles. The minimum absolute atomic E-state index is 0.685. The highest BCUT2D eigenvalue weighted by Crippen LogP contribution is 2.10. The molecule has 1 aliphatic rings. The molecule has 78 valence electrons. The van der Waals surface area contributed by atoms with Gasteiger partial charge in [0.1, 0.15) is 0 Å². The third kappa shape index (κ3) is 1.96. The Morgan fingerprint density at radius 3 is 3.14 bits per heavy atom. The number of rotatable bonds is 3. The van der Waals surface area contributed by atoms with Gasteiger partial charge in [0, 0.05) is 32.4 Å². The number of aromatic nitrogens is 2. The van der Waals surface area contributed by atoms with Crippen molar-refractivity contribution >= 4 is 0 Å². The van der Waals surface area contributed by atoms with Crippen LogP contribution in [0.4, 0.5) is 0 Å². The number of nitrogens with one attached hydrogen (secondary N) is 1. The van der Waals surface area contributed by atoms with Crippen molar-refractivity contribution in [2.45, 2.75) is 19.0 Å². The van der Waals surface area contributed by atoms with Crippen LogP contribution in [-0.4, -0.2) is 40.6 Å². The molecule has 4 nitrogen and oxygen atoms in total. The molecular weight excluding hydrogens is 176 g/mol. The lowest BCUT2D eigenvalue weighted by atomic mass is 10.2. The number of imidazole rings is 1. The topological polar surface area (TPSA) is 33.1 Å². The maximum absolute atomic E-state index is 4.12. The molecule has 1 fully saturated rings. The maximum atomic E-state index is 4.12. The zero-order valence-corrected chi connectivity index (χ0v) is 8.90. The van der Waals surface area contributed by atoms with E-state index >= 15 is 0 Å². The summed E-state index contributed by atoms with van der Waals surface area (Å²) in [5, 5.41) is 3.38. The van der Waals surface area contributed by atoms with Gasteiger partial charge in [-0.3, -0.25) is 4.90 Å². The molecule has 0 spiro atoms. The predicted molar refractivity (Wildman–Crippen MR) is 55.9 cm³/mol. The highest BCUT2D eigenvalue weighted by molar-refractivity contribution is 4.98. The summed E-state index contributed by atoms with van der Waals surface area (Å²) in [7, 11) is 4.23. The average Bonchev–Trinajstić information content (AvgIpc) is 2.77. The lowest BCUT2D eigenvalue weighted by Gasteiger charge is -2.23. The van der Waals surface area contributed by atoms with E-state index in [2.05, 4.69) is 26.8 Å². The molecule has 1 unspecified atom stereocenters. The first-order valence-electron chi connectivity index (χ1n) is 5.13. The summed E-state index contributed by atoms with van der Waals surface area (Å²) >= 11 is 0. The molecule has 1 aliphatic heterocycles. The number of aryl methyl sites for hydroxylation is 1. The molecule has 1 aromatic heterocycles. The van der Waals surface area contributed by atoms with E-state index in [1.807, 2.05) is 19.6 Å². The van der Waals surface area contributed by atoms with Crippen LogP contribution in [0, 0.1) is 0 Å². The fourth-order valence-corrected chi connectivity index (χ4v) is 1.94. The van der Waals surface area contributed by atoms with Crippen molar-refractivity contribution in [2.75, 3.05) is 20.1 Å². The largest absolute Gasteiger partial charge is 0.337 e. The van der Waals surface area contributed by atoms with Crippen LogP contribution in [0.5, 0.6) is 0 Å². The Balaban J connectivity index is 1.93. The lowest BCUT2D eigenvalue weighted by molar-refractivity contribution is 0.244. The molecule has 0 saturated carbocycles. The van der Waals surface area contributed by atoms with E-state index in [1.54, 1.807) is 0 Å². The molecule has 1 atom stereocenters. The van der Waals surface area contributed by atoms with Crippen molar-refractivity contribution in [2.24, 2.45) is 7.05 Å². The summed E-state index contributed by atoms with van der Waals surface area (Å²) in [5.41, 5.74) is 1.28. The predicted octanol–water partition coefficient (Wildman–Crippen LogP) is 0.214. The minimum Gasteiger partial charge on any atom is -0.337 e. The van der Waals surface area contributed by atoms with Crippen molar-refractivity contribution in [1.29, 1.82) is 0 Å². The van der Waals surface area contributed by atoms with Crippen LogP contribution < -0.4 is 5.32 Å². The van der Waals surface area contributed by atoms with Crippen LogP contribution in [0.1, 0.15) is 12.1 Å². The first-order chi connectivity index (χ1) is 6.77. The fraction of sp³-hybridized carbons (Fsp3) is 0.700. The average molecular weight is 194 g/mol. The minimum atomic E-state index is 0.685. The lowest BCUT2D eigenvalue weighted by Crippen LogP contribution is -2.33. The van der Waals surface area contributed by atoms with Gasteiger partial charge in [0.2, 0.25) is 0 Å². The highest BCUT2D eigenvalue weighted by Gasteiger charge is 2.19. The molecular formula is C10H18N4. The Morgan fingerprint density at radius 1 is 1.71 bits per heavy atom. The van der Waals surface area contributed by atoms with Gasteiger partial charge in [0.05, 0.1) is 12.0 Å². The van der Waals surface area contributed by atoms with E-state index in [0.717, 1.165) is 19.6 Å². The molecule has 0 bridgehead atoms.